The van der Waals surface area contributed by atoms with Gasteiger partial charge in [0.1, 0.15) is 13.2 Å². The molecule has 0 aliphatic heterocycles. The first-order chi connectivity index (χ1) is 34.0. The predicted molar refractivity (Wildman–Crippen MR) is 298 cm³/mol. The number of unbranched alkanes of at least 4 members (excludes halogenated alkanes) is 30. The van der Waals surface area contributed by atoms with Gasteiger partial charge in [0.05, 0.1) is 0 Å². The molecule has 1 unspecified atom stereocenters. The summed E-state index contributed by atoms with van der Waals surface area (Å²) in [6.45, 7) is 6.50. The normalized spacial score (nSPS) is 12.6. The fourth-order valence-corrected chi connectivity index (χ4v) is 8.25. The number of carbonyl (C=O) groups excluding carboxylic acids is 3. The average molecular weight is 964 g/mol. The van der Waals surface area contributed by atoms with Gasteiger partial charge >= 0.3 is 17.9 Å². The molecular weight excluding hydrogens is 853 g/mol. The number of hydrogen-bond acceptors (Lipinski definition) is 6. The van der Waals surface area contributed by atoms with Gasteiger partial charge in [-0.3, -0.25) is 14.4 Å². The molecule has 1 atom stereocenters. The third-order valence-corrected chi connectivity index (χ3v) is 12.7. The Morgan fingerprint density at radius 2 is 0.565 bits per heavy atom. The van der Waals surface area contributed by atoms with E-state index in [1.807, 2.05) is 0 Å². The zero-order valence-electron chi connectivity index (χ0n) is 45.6. The molecule has 0 aromatic rings. The van der Waals surface area contributed by atoms with Gasteiger partial charge in [-0.15, -0.1) is 0 Å². The molecule has 0 N–H and O–H groups in total. The number of ether oxygens (including phenoxy) is 3. The molecule has 6 heteroatoms. The second-order valence-electron chi connectivity index (χ2n) is 19.5. The highest BCUT2D eigenvalue weighted by molar-refractivity contribution is 5.71. The van der Waals surface area contributed by atoms with Crippen LogP contribution in [-0.2, 0) is 28.6 Å². The fraction of sp³-hybridized carbons (Fsp3) is 0.762. The van der Waals surface area contributed by atoms with Gasteiger partial charge in [0.15, 0.2) is 6.10 Å². The highest BCUT2D eigenvalue weighted by Crippen LogP contribution is 2.15. The first-order valence-electron chi connectivity index (χ1n) is 29.4. The van der Waals surface area contributed by atoms with Crippen molar-refractivity contribution in [2.75, 3.05) is 13.2 Å². The Labute approximate surface area is 427 Å². The van der Waals surface area contributed by atoms with Crippen molar-refractivity contribution in [2.24, 2.45) is 0 Å². The first kappa shape index (κ1) is 65.8. The van der Waals surface area contributed by atoms with E-state index in [4.69, 9.17) is 14.2 Å². The SMILES string of the molecule is CC/C=C\C/C=C\C/C=C\C/C=C\CCCCC(=O)OC(COC(=O)CCCCCCC/C=C\CCCCCCCC)COC(=O)CCCCCCCCCCC/C=C\CCCCCCCCCC. The summed E-state index contributed by atoms with van der Waals surface area (Å²) >= 11 is 0. The third-order valence-electron chi connectivity index (χ3n) is 12.7. The summed E-state index contributed by atoms with van der Waals surface area (Å²) in [4.78, 5) is 38.2. The molecule has 0 saturated heterocycles. The Kier molecular flexibility index (Phi) is 54.8. The molecule has 0 rings (SSSR count). The molecule has 0 radical (unpaired) electrons. The highest BCUT2D eigenvalue weighted by atomic mass is 16.6. The predicted octanol–water partition coefficient (Wildman–Crippen LogP) is 19.8. The molecular formula is C63H110O6. The lowest BCUT2D eigenvalue weighted by molar-refractivity contribution is -0.167. The molecule has 0 saturated carbocycles. The molecule has 0 fully saturated rings. The van der Waals surface area contributed by atoms with E-state index in [0.29, 0.717) is 19.3 Å². The Morgan fingerprint density at radius 1 is 0.304 bits per heavy atom. The quantitative estimate of drug-likeness (QED) is 0.0262. The Morgan fingerprint density at radius 3 is 0.928 bits per heavy atom. The topological polar surface area (TPSA) is 78.9 Å². The molecule has 0 aliphatic rings. The van der Waals surface area contributed by atoms with Gasteiger partial charge in [0, 0.05) is 19.3 Å². The molecule has 0 aliphatic carbocycles. The van der Waals surface area contributed by atoms with Crippen molar-refractivity contribution in [3.05, 3.63) is 72.9 Å². The maximum Gasteiger partial charge on any atom is 0.306 e. The summed E-state index contributed by atoms with van der Waals surface area (Å²) in [5.41, 5.74) is 0. The molecule has 0 aromatic carbocycles. The smallest absolute Gasteiger partial charge is 0.306 e. The van der Waals surface area contributed by atoms with E-state index >= 15 is 0 Å². The Balaban J connectivity index is 4.39. The lowest BCUT2D eigenvalue weighted by atomic mass is 10.1. The summed E-state index contributed by atoms with van der Waals surface area (Å²) in [7, 11) is 0. The van der Waals surface area contributed by atoms with E-state index in [1.165, 1.54) is 161 Å². The number of rotatable bonds is 53. The van der Waals surface area contributed by atoms with Crippen molar-refractivity contribution < 1.29 is 28.6 Å². The van der Waals surface area contributed by atoms with Crippen molar-refractivity contribution in [1.82, 2.24) is 0 Å². The molecule has 0 bridgehead atoms. The molecule has 0 amide bonds. The van der Waals surface area contributed by atoms with Crippen LogP contribution in [0.25, 0.3) is 0 Å². The molecule has 0 spiro atoms. The van der Waals surface area contributed by atoms with Crippen molar-refractivity contribution in [2.45, 2.75) is 297 Å². The van der Waals surface area contributed by atoms with Crippen LogP contribution >= 0.6 is 0 Å². The lowest BCUT2D eigenvalue weighted by Gasteiger charge is -2.18. The third kappa shape index (κ3) is 55.6. The molecule has 6 nitrogen and oxygen atoms in total. The lowest BCUT2D eigenvalue weighted by Crippen LogP contribution is -2.30. The van der Waals surface area contributed by atoms with Crippen molar-refractivity contribution in [3.8, 4) is 0 Å². The summed E-state index contributed by atoms with van der Waals surface area (Å²) in [5.74, 6) is -0.939. The van der Waals surface area contributed by atoms with Crippen LogP contribution in [-0.4, -0.2) is 37.2 Å². The van der Waals surface area contributed by atoms with Gasteiger partial charge in [0.2, 0.25) is 0 Å². The van der Waals surface area contributed by atoms with E-state index in [0.717, 1.165) is 83.5 Å². The summed E-state index contributed by atoms with van der Waals surface area (Å²) in [5, 5.41) is 0. The maximum absolute atomic E-state index is 12.8. The monoisotopic (exact) mass is 963 g/mol. The van der Waals surface area contributed by atoms with Crippen LogP contribution in [0, 0.1) is 0 Å². The van der Waals surface area contributed by atoms with Crippen LogP contribution in [0.3, 0.4) is 0 Å². The Bertz CT molecular complexity index is 1290. The van der Waals surface area contributed by atoms with Gasteiger partial charge in [-0.1, -0.05) is 235 Å². The van der Waals surface area contributed by atoms with E-state index in [1.54, 1.807) is 0 Å². The zero-order chi connectivity index (χ0) is 50.0. The first-order valence-corrected chi connectivity index (χ1v) is 29.4. The van der Waals surface area contributed by atoms with Gasteiger partial charge in [-0.05, 0) is 109 Å². The largest absolute Gasteiger partial charge is 0.462 e. The average Bonchev–Trinajstić information content (AvgIpc) is 3.35. The van der Waals surface area contributed by atoms with E-state index in [-0.39, 0.29) is 37.5 Å². The van der Waals surface area contributed by atoms with Crippen LogP contribution in [0.1, 0.15) is 290 Å². The molecule has 0 heterocycles. The molecule has 0 aromatic heterocycles. The second kappa shape index (κ2) is 57.4. The van der Waals surface area contributed by atoms with Crippen LogP contribution in [0.4, 0.5) is 0 Å². The van der Waals surface area contributed by atoms with Crippen molar-refractivity contribution >= 4 is 17.9 Å². The van der Waals surface area contributed by atoms with Crippen LogP contribution in [0.5, 0.6) is 0 Å². The van der Waals surface area contributed by atoms with Crippen LogP contribution < -0.4 is 0 Å². The molecule has 398 valence electrons. The summed E-state index contributed by atoms with van der Waals surface area (Å²) in [6, 6.07) is 0. The number of esters is 3. The number of allylic oxidation sites excluding steroid dienone is 12. The van der Waals surface area contributed by atoms with Gasteiger partial charge in [-0.25, -0.2) is 0 Å². The van der Waals surface area contributed by atoms with Crippen molar-refractivity contribution in [1.29, 1.82) is 0 Å². The number of carbonyl (C=O) groups is 3. The Hall–Kier alpha value is -3.15. The standard InChI is InChI=1S/C63H110O6/c1-4-7-10-13-16-19-22-25-28-29-30-31-32-33-36-38-41-44-47-50-53-56-62(65)68-59-60(69-63(66)57-54-51-48-45-42-39-35-27-24-21-18-15-12-9-6-3)58-67-61(64)55-52-49-46-43-40-37-34-26-23-20-17-14-11-8-5-2/h9,12,18,21,26-27,29-30,34-35,42,45,60H,4-8,10-11,13-17,19-20,22-25,28,31-33,36-41,43-44,46-59H2,1-3H3/b12-9-,21-18-,30-29-,34-26-,35-27-,45-42-. The van der Waals surface area contributed by atoms with Crippen LogP contribution in [0.2, 0.25) is 0 Å². The minimum atomic E-state index is -0.801. The van der Waals surface area contributed by atoms with E-state index in [9.17, 15) is 14.4 Å². The van der Waals surface area contributed by atoms with Gasteiger partial charge in [0.25, 0.3) is 0 Å². The maximum atomic E-state index is 12.8. The van der Waals surface area contributed by atoms with E-state index in [2.05, 4.69) is 93.7 Å². The van der Waals surface area contributed by atoms with Crippen molar-refractivity contribution in [3.63, 3.8) is 0 Å². The summed E-state index contributed by atoms with van der Waals surface area (Å²) < 4.78 is 16.8. The summed E-state index contributed by atoms with van der Waals surface area (Å²) in [6.07, 6.45) is 73.3. The zero-order valence-corrected chi connectivity index (χ0v) is 45.6. The number of hydrogen-bond donors (Lipinski definition) is 0. The molecule has 69 heavy (non-hydrogen) atoms. The fourth-order valence-electron chi connectivity index (χ4n) is 8.25. The van der Waals surface area contributed by atoms with Crippen LogP contribution in [0.15, 0.2) is 72.9 Å². The minimum absolute atomic E-state index is 0.0950. The minimum Gasteiger partial charge on any atom is -0.462 e. The van der Waals surface area contributed by atoms with Gasteiger partial charge in [-0.2, -0.15) is 0 Å². The second-order valence-corrected chi connectivity index (χ2v) is 19.5. The van der Waals surface area contributed by atoms with E-state index < -0.39 is 6.10 Å². The highest BCUT2D eigenvalue weighted by Gasteiger charge is 2.19. The van der Waals surface area contributed by atoms with Gasteiger partial charge < -0.3 is 14.2 Å².